The normalized spacial score (nSPS) is 10.9. The molecule has 0 N–H and O–H groups in total. The van der Waals surface area contributed by atoms with Gasteiger partial charge in [-0.3, -0.25) is 4.99 Å². The van der Waals surface area contributed by atoms with Crippen LogP contribution in [0.2, 0.25) is 5.02 Å². The fraction of sp³-hybridized carbons (Fsp3) is 0.188. The monoisotopic (exact) mass is 273 g/mol. The van der Waals surface area contributed by atoms with E-state index < -0.39 is 0 Å². The van der Waals surface area contributed by atoms with Crippen LogP contribution in [0, 0.1) is 13.8 Å². The average molecular weight is 274 g/mol. The molecule has 0 heterocycles. The van der Waals surface area contributed by atoms with Gasteiger partial charge in [-0.05, 0) is 54.8 Å². The molecule has 2 rings (SSSR count). The predicted molar refractivity (Wildman–Crippen MR) is 81.2 cm³/mol. The lowest BCUT2D eigenvalue weighted by atomic mass is 10.1. The van der Waals surface area contributed by atoms with E-state index in [-0.39, 0.29) is 0 Å². The number of rotatable bonds is 3. The second-order valence-corrected chi connectivity index (χ2v) is 4.85. The van der Waals surface area contributed by atoms with Gasteiger partial charge >= 0.3 is 0 Å². The van der Waals surface area contributed by atoms with Gasteiger partial charge in [0, 0.05) is 6.21 Å². The summed E-state index contributed by atoms with van der Waals surface area (Å²) in [4.78, 5) is 4.51. The second-order valence-electron chi connectivity index (χ2n) is 4.44. The first-order valence-electron chi connectivity index (χ1n) is 6.05. The molecule has 2 aromatic rings. The summed E-state index contributed by atoms with van der Waals surface area (Å²) in [6.07, 6.45) is 1.81. The molecule has 0 bridgehead atoms. The number of ether oxygens (including phenoxy) is 1. The van der Waals surface area contributed by atoms with E-state index in [0.717, 1.165) is 16.8 Å². The van der Waals surface area contributed by atoms with E-state index in [2.05, 4.69) is 30.1 Å². The lowest BCUT2D eigenvalue weighted by molar-refractivity contribution is 0.415. The standard InChI is InChI=1S/C16H16ClNO/c1-11-4-5-12(2)15(8-11)18-10-13-6-7-16(19-3)14(17)9-13/h4-10H,1-3H3. The van der Waals surface area contributed by atoms with E-state index in [0.29, 0.717) is 10.8 Å². The van der Waals surface area contributed by atoms with Crippen molar-refractivity contribution in [3.8, 4) is 5.75 Å². The molecule has 0 aliphatic carbocycles. The largest absolute Gasteiger partial charge is 0.495 e. The summed E-state index contributed by atoms with van der Waals surface area (Å²) in [6, 6.07) is 11.8. The Balaban J connectivity index is 2.27. The minimum atomic E-state index is 0.590. The molecular weight excluding hydrogens is 258 g/mol. The van der Waals surface area contributed by atoms with Crippen LogP contribution in [-0.2, 0) is 0 Å². The minimum Gasteiger partial charge on any atom is -0.495 e. The Bertz CT molecular complexity index is 620. The van der Waals surface area contributed by atoms with Crippen LogP contribution in [-0.4, -0.2) is 13.3 Å². The number of benzene rings is 2. The lowest BCUT2D eigenvalue weighted by Crippen LogP contribution is -1.87. The molecule has 0 fully saturated rings. The van der Waals surface area contributed by atoms with Gasteiger partial charge in [0.25, 0.3) is 0 Å². The van der Waals surface area contributed by atoms with Gasteiger partial charge < -0.3 is 4.74 Å². The van der Waals surface area contributed by atoms with Crippen molar-refractivity contribution in [1.82, 2.24) is 0 Å². The fourth-order valence-electron chi connectivity index (χ4n) is 1.77. The van der Waals surface area contributed by atoms with Gasteiger partial charge in [0.1, 0.15) is 5.75 Å². The Hall–Kier alpha value is -1.80. The zero-order chi connectivity index (χ0) is 13.8. The highest BCUT2D eigenvalue weighted by molar-refractivity contribution is 6.32. The third kappa shape index (κ3) is 3.36. The molecule has 0 unspecified atom stereocenters. The molecular formula is C16H16ClNO. The molecule has 2 aromatic carbocycles. The molecule has 0 aliphatic rings. The minimum absolute atomic E-state index is 0.590. The number of methoxy groups -OCH3 is 1. The summed E-state index contributed by atoms with van der Waals surface area (Å²) in [7, 11) is 1.60. The highest BCUT2D eigenvalue weighted by Gasteiger charge is 2.00. The maximum Gasteiger partial charge on any atom is 0.137 e. The van der Waals surface area contributed by atoms with Crippen molar-refractivity contribution in [1.29, 1.82) is 0 Å². The summed E-state index contributed by atoms with van der Waals surface area (Å²) < 4.78 is 5.12. The summed E-state index contributed by atoms with van der Waals surface area (Å²) in [6.45, 7) is 4.11. The number of hydrogen-bond acceptors (Lipinski definition) is 2. The van der Waals surface area contributed by atoms with Crippen molar-refractivity contribution in [2.45, 2.75) is 13.8 Å². The van der Waals surface area contributed by atoms with Gasteiger partial charge in [0.15, 0.2) is 0 Å². The lowest BCUT2D eigenvalue weighted by Gasteiger charge is -2.04. The van der Waals surface area contributed by atoms with Crippen molar-refractivity contribution >= 4 is 23.5 Å². The van der Waals surface area contributed by atoms with Crippen molar-refractivity contribution in [2.75, 3.05) is 7.11 Å². The highest BCUT2D eigenvalue weighted by atomic mass is 35.5. The molecule has 0 saturated heterocycles. The van der Waals surface area contributed by atoms with Crippen LogP contribution in [0.5, 0.6) is 5.75 Å². The van der Waals surface area contributed by atoms with E-state index in [1.807, 2.05) is 31.3 Å². The Morgan fingerprint density at radius 2 is 1.89 bits per heavy atom. The van der Waals surface area contributed by atoms with Crippen molar-refractivity contribution in [3.05, 3.63) is 58.1 Å². The van der Waals surface area contributed by atoms with Gasteiger partial charge in [-0.15, -0.1) is 0 Å². The molecule has 0 aromatic heterocycles. The van der Waals surface area contributed by atoms with Gasteiger partial charge in [-0.1, -0.05) is 23.7 Å². The van der Waals surface area contributed by atoms with Crippen molar-refractivity contribution in [3.63, 3.8) is 0 Å². The third-order valence-electron chi connectivity index (χ3n) is 2.89. The van der Waals surface area contributed by atoms with Gasteiger partial charge in [0.2, 0.25) is 0 Å². The Morgan fingerprint density at radius 3 is 2.58 bits per heavy atom. The van der Waals surface area contributed by atoms with Crippen molar-refractivity contribution < 1.29 is 4.74 Å². The van der Waals surface area contributed by atoms with Crippen LogP contribution < -0.4 is 4.74 Å². The van der Waals surface area contributed by atoms with Crippen LogP contribution in [0.1, 0.15) is 16.7 Å². The van der Waals surface area contributed by atoms with Crippen LogP contribution >= 0.6 is 11.6 Å². The number of nitrogens with zero attached hydrogens (tertiary/aromatic N) is 1. The highest BCUT2D eigenvalue weighted by Crippen LogP contribution is 2.25. The van der Waals surface area contributed by atoms with E-state index in [4.69, 9.17) is 16.3 Å². The number of hydrogen-bond donors (Lipinski definition) is 0. The maximum atomic E-state index is 6.08. The SMILES string of the molecule is COc1ccc(C=Nc2cc(C)ccc2C)cc1Cl. The molecule has 2 nitrogen and oxygen atoms in total. The van der Waals surface area contributed by atoms with Gasteiger partial charge in [0.05, 0.1) is 17.8 Å². The van der Waals surface area contributed by atoms with Gasteiger partial charge in [-0.25, -0.2) is 0 Å². The average Bonchev–Trinajstić information content (AvgIpc) is 2.40. The van der Waals surface area contributed by atoms with Crippen LogP contribution in [0.4, 0.5) is 5.69 Å². The summed E-state index contributed by atoms with van der Waals surface area (Å²) in [5.74, 6) is 0.672. The van der Waals surface area contributed by atoms with Crippen LogP contribution in [0.25, 0.3) is 0 Å². The molecule has 0 atom stereocenters. The number of aliphatic imine (C=N–C) groups is 1. The van der Waals surface area contributed by atoms with E-state index in [1.54, 1.807) is 7.11 Å². The zero-order valence-corrected chi connectivity index (χ0v) is 12.0. The molecule has 98 valence electrons. The molecule has 3 heteroatoms. The Labute approximate surface area is 118 Å². The maximum absolute atomic E-state index is 6.08. The van der Waals surface area contributed by atoms with Crippen LogP contribution in [0.3, 0.4) is 0 Å². The molecule has 0 saturated carbocycles. The molecule has 0 aliphatic heterocycles. The smallest absolute Gasteiger partial charge is 0.137 e. The fourth-order valence-corrected chi connectivity index (χ4v) is 2.03. The summed E-state index contributed by atoms with van der Waals surface area (Å²) in [5.41, 5.74) is 4.28. The van der Waals surface area contributed by atoms with Gasteiger partial charge in [-0.2, -0.15) is 0 Å². The zero-order valence-electron chi connectivity index (χ0n) is 11.3. The Morgan fingerprint density at radius 1 is 1.11 bits per heavy atom. The summed E-state index contributed by atoms with van der Waals surface area (Å²) in [5, 5.41) is 0.590. The molecule has 0 spiro atoms. The van der Waals surface area contributed by atoms with E-state index in [9.17, 15) is 0 Å². The van der Waals surface area contributed by atoms with Crippen LogP contribution in [0.15, 0.2) is 41.4 Å². The van der Waals surface area contributed by atoms with E-state index >= 15 is 0 Å². The molecule has 19 heavy (non-hydrogen) atoms. The van der Waals surface area contributed by atoms with Crippen molar-refractivity contribution in [2.24, 2.45) is 4.99 Å². The first-order chi connectivity index (χ1) is 9.10. The topological polar surface area (TPSA) is 21.6 Å². The number of halogens is 1. The van der Waals surface area contributed by atoms with E-state index in [1.165, 1.54) is 5.56 Å². The quantitative estimate of drug-likeness (QED) is 0.742. The third-order valence-corrected chi connectivity index (χ3v) is 3.19. The number of aryl methyl sites for hydroxylation is 2. The predicted octanol–water partition coefficient (Wildman–Crippen LogP) is 4.72. The molecule has 0 amide bonds. The Kier molecular flexibility index (Phi) is 4.23. The molecule has 0 radical (unpaired) electrons. The summed E-state index contributed by atoms with van der Waals surface area (Å²) >= 11 is 6.08. The first-order valence-corrected chi connectivity index (χ1v) is 6.43. The first kappa shape index (κ1) is 13.6. The second kappa shape index (κ2) is 5.89.